The zero-order valence-electron chi connectivity index (χ0n) is 15.4. The Morgan fingerprint density at radius 3 is 2.69 bits per heavy atom. The summed E-state index contributed by atoms with van der Waals surface area (Å²) in [5.41, 5.74) is -3.54. The van der Waals surface area contributed by atoms with Gasteiger partial charge in [-0.1, -0.05) is 20.8 Å². The van der Waals surface area contributed by atoms with Gasteiger partial charge in [0.05, 0.1) is 6.04 Å². The molecule has 0 radical (unpaired) electrons. The molecule has 3 rings (SSSR count). The predicted octanol–water partition coefficient (Wildman–Crippen LogP) is 4.45. The van der Waals surface area contributed by atoms with E-state index in [1.165, 1.54) is 26.3 Å². The maximum atomic E-state index is 13.6. The van der Waals surface area contributed by atoms with Crippen molar-refractivity contribution in [1.82, 2.24) is 25.1 Å². The van der Waals surface area contributed by atoms with Gasteiger partial charge in [0.1, 0.15) is 6.33 Å². The average Bonchev–Trinajstić information content (AvgIpc) is 3.17. The molecule has 1 amide bonds. The minimum absolute atomic E-state index is 0.0231. The third-order valence-corrected chi connectivity index (χ3v) is 5.29. The molecule has 2 aromatic heterocycles. The summed E-state index contributed by atoms with van der Waals surface area (Å²) < 4.78 is 28.7. The SMILES string of the molecule is CSc1ccc(-n2ncnc2C(C)NC(=O)c2cc(Cl)cc(C(F)(F)P)c2)nc1. The van der Waals surface area contributed by atoms with Gasteiger partial charge >= 0.3 is 0 Å². The molecule has 1 N–H and O–H groups in total. The van der Waals surface area contributed by atoms with Gasteiger partial charge in [0.15, 0.2) is 11.6 Å². The summed E-state index contributed by atoms with van der Waals surface area (Å²) in [6.45, 7) is 1.71. The number of hydrogen-bond donors (Lipinski definition) is 1. The van der Waals surface area contributed by atoms with Crippen molar-refractivity contribution in [1.29, 1.82) is 0 Å². The highest BCUT2D eigenvalue weighted by Gasteiger charge is 2.27. The minimum Gasteiger partial charge on any atom is -0.342 e. The number of carbonyl (C=O) groups excluding carboxylic acids is 1. The molecular formula is C18H17ClF2N5OPS. The van der Waals surface area contributed by atoms with Crippen LogP contribution in [0.2, 0.25) is 5.02 Å². The number of thioether (sulfide) groups is 1. The number of rotatable bonds is 6. The average molecular weight is 456 g/mol. The fourth-order valence-corrected chi connectivity index (χ4v) is 3.36. The van der Waals surface area contributed by atoms with Crippen LogP contribution in [0.4, 0.5) is 8.78 Å². The van der Waals surface area contributed by atoms with Crippen LogP contribution < -0.4 is 5.32 Å². The standard InChI is InChI=1S/C18H17ClF2N5OPS/c1-10(16-23-9-24-26(16)15-4-3-14(29-2)8-22-15)25-17(27)11-5-12(18(20,21)28)7-13(19)6-11/h3-10H,28H2,1-2H3,(H,25,27). The van der Waals surface area contributed by atoms with Crippen molar-refractivity contribution in [3.63, 3.8) is 0 Å². The Kier molecular flexibility index (Phi) is 6.51. The Hall–Kier alpha value is -2.09. The Labute approximate surface area is 177 Å². The molecule has 2 unspecified atom stereocenters. The van der Waals surface area contributed by atoms with E-state index in [-0.39, 0.29) is 16.1 Å². The second-order valence-corrected chi connectivity index (χ2v) is 8.17. The summed E-state index contributed by atoms with van der Waals surface area (Å²) in [7, 11) is 1.43. The highest BCUT2D eigenvalue weighted by Crippen LogP contribution is 2.36. The topological polar surface area (TPSA) is 72.7 Å². The quantitative estimate of drug-likeness (QED) is 0.439. The number of pyridine rings is 1. The highest BCUT2D eigenvalue weighted by atomic mass is 35.5. The fraction of sp³-hybridized carbons (Fsp3) is 0.222. The van der Waals surface area contributed by atoms with Crippen molar-refractivity contribution < 1.29 is 13.6 Å². The van der Waals surface area contributed by atoms with Crippen LogP contribution in [0, 0.1) is 0 Å². The van der Waals surface area contributed by atoms with Crippen molar-refractivity contribution in [2.75, 3.05) is 6.26 Å². The molecule has 0 saturated carbocycles. The van der Waals surface area contributed by atoms with Crippen LogP contribution in [0.15, 0.2) is 47.8 Å². The fourth-order valence-electron chi connectivity index (χ4n) is 2.60. The first-order chi connectivity index (χ1) is 13.7. The minimum atomic E-state index is -3.19. The van der Waals surface area contributed by atoms with E-state index in [0.717, 1.165) is 17.0 Å². The van der Waals surface area contributed by atoms with E-state index in [2.05, 4.69) is 20.4 Å². The van der Waals surface area contributed by atoms with Crippen LogP contribution in [0.25, 0.3) is 5.82 Å². The number of benzene rings is 1. The molecule has 0 bridgehead atoms. The molecule has 0 spiro atoms. The van der Waals surface area contributed by atoms with Crippen LogP contribution >= 0.6 is 32.6 Å². The van der Waals surface area contributed by atoms with Gasteiger partial charge in [-0.3, -0.25) is 4.79 Å². The molecule has 0 aliphatic heterocycles. The predicted molar refractivity (Wildman–Crippen MR) is 112 cm³/mol. The van der Waals surface area contributed by atoms with Crippen LogP contribution in [0.1, 0.15) is 34.7 Å². The van der Waals surface area contributed by atoms with Crippen molar-refractivity contribution in [2.24, 2.45) is 0 Å². The zero-order valence-corrected chi connectivity index (χ0v) is 18.2. The first-order valence-corrected chi connectivity index (χ1v) is 10.6. The Bertz CT molecular complexity index is 1030. The van der Waals surface area contributed by atoms with Gasteiger partial charge < -0.3 is 5.32 Å². The first-order valence-electron chi connectivity index (χ1n) is 8.38. The Morgan fingerprint density at radius 2 is 2.07 bits per heavy atom. The number of hydrogen-bond acceptors (Lipinski definition) is 5. The van der Waals surface area contributed by atoms with E-state index in [9.17, 15) is 13.6 Å². The molecule has 29 heavy (non-hydrogen) atoms. The number of nitrogens with zero attached hydrogens (tertiary/aromatic N) is 4. The third-order valence-electron chi connectivity index (χ3n) is 4.03. The molecule has 152 valence electrons. The van der Waals surface area contributed by atoms with Crippen LogP contribution in [0.5, 0.6) is 0 Å². The van der Waals surface area contributed by atoms with E-state index in [4.69, 9.17) is 11.6 Å². The second-order valence-electron chi connectivity index (χ2n) is 6.13. The number of alkyl halides is 2. The lowest BCUT2D eigenvalue weighted by molar-refractivity contribution is 0.0935. The lowest BCUT2D eigenvalue weighted by atomic mass is 10.1. The van der Waals surface area contributed by atoms with Gasteiger partial charge in [0.2, 0.25) is 0 Å². The first kappa shape index (κ1) is 21.6. The molecule has 0 aliphatic rings. The van der Waals surface area contributed by atoms with E-state index < -0.39 is 17.6 Å². The Balaban J connectivity index is 1.83. The van der Waals surface area contributed by atoms with Crippen molar-refractivity contribution in [3.05, 3.63) is 64.8 Å². The number of aromatic nitrogens is 4. The van der Waals surface area contributed by atoms with Crippen LogP contribution in [-0.4, -0.2) is 31.9 Å². The van der Waals surface area contributed by atoms with Crippen LogP contribution in [-0.2, 0) is 5.66 Å². The number of halogens is 3. The van der Waals surface area contributed by atoms with Gasteiger partial charge in [0.25, 0.3) is 11.6 Å². The van der Waals surface area contributed by atoms with Gasteiger partial charge in [-0.2, -0.15) is 18.6 Å². The summed E-state index contributed by atoms with van der Waals surface area (Å²) in [5.74, 6) is 0.432. The number of amides is 1. The molecule has 11 heteroatoms. The molecular weight excluding hydrogens is 439 g/mol. The lowest BCUT2D eigenvalue weighted by Gasteiger charge is -2.16. The van der Waals surface area contributed by atoms with E-state index in [1.807, 2.05) is 12.3 Å². The van der Waals surface area contributed by atoms with E-state index in [1.54, 1.807) is 30.9 Å². The Morgan fingerprint density at radius 1 is 1.31 bits per heavy atom. The largest absolute Gasteiger partial charge is 0.342 e. The van der Waals surface area contributed by atoms with Gasteiger partial charge in [-0.05, 0) is 43.5 Å². The monoisotopic (exact) mass is 455 g/mol. The molecule has 0 saturated heterocycles. The van der Waals surface area contributed by atoms with Gasteiger partial charge in [-0.15, -0.1) is 11.8 Å². The summed E-state index contributed by atoms with van der Waals surface area (Å²) >= 11 is 7.47. The van der Waals surface area contributed by atoms with E-state index >= 15 is 0 Å². The number of carbonyl (C=O) groups is 1. The third kappa shape index (κ3) is 5.10. The molecule has 3 aromatic rings. The number of nitrogens with one attached hydrogen (secondary N) is 1. The van der Waals surface area contributed by atoms with Crippen molar-refractivity contribution in [2.45, 2.75) is 23.5 Å². The molecule has 0 aliphatic carbocycles. The summed E-state index contributed by atoms with van der Waals surface area (Å²) in [5, 5.41) is 6.94. The van der Waals surface area contributed by atoms with Gasteiger partial charge in [0, 0.05) is 27.2 Å². The molecule has 2 atom stereocenters. The van der Waals surface area contributed by atoms with E-state index in [0.29, 0.717) is 11.6 Å². The van der Waals surface area contributed by atoms with Crippen molar-refractivity contribution in [3.8, 4) is 5.82 Å². The second kappa shape index (κ2) is 8.73. The summed E-state index contributed by atoms with van der Waals surface area (Å²) in [4.78, 5) is 22.2. The maximum Gasteiger partial charge on any atom is 0.283 e. The molecule has 2 heterocycles. The maximum absolute atomic E-state index is 13.6. The molecule has 6 nitrogen and oxygen atoms in total. The molecule has 0 fully saturated rings. The summed E-state index contributed by atoms with van der Waals surface area (Å²) in [6.07, 6.45) is 5.02. The smallest absolute Gasteiger partial charge is 0.283 e. The molecule has 1 aromatic carbocycles. The zero-order chi connectivity index (χ0) is 21.2. The lowest BCUT2D eigenvalue weighted by Crippen LogP contribution is -2.29. The normalized spacial score (nSPS) is 12.6. The van der Waals surface area contributed by atoms with Gasteiger partial charge in [-0.25, -0.2) is 9.97 Å². The van der Waals surface area contributed by atoms with Crippen molar-refractivity contribution >= 4 is 38.5 Å². The summed E-state index contributed by atoms with van der Waals surface area (Å²) in [6, 6.07) is 6.69. The highest BCUT2D eigenvalue weighted by molar-refractivity contribution is 7.98. The van der Waals surface area contributed by atoms with Crippen LogP contribution in [0.3, 0.4) is 0 Å².